The van der Waals surface area contributed by atoms with Gasteiger partial charge in [-0.15, -0.1) is 0 Å². The highest BCUT2D eigenvalue weighted by atomic mass is 32.2. The van der Waals surface area contributed by atoms with Crippen molar-refractivity contribution in [1.29, 1.82) is 5.26 Å². The predicted molar refractivity (Wildman–Crippen MR) is 118 cm³/mol. The Bertz CT molecular complexity index is 948. The van der Waals surface area contributed by atoms with Crippen molar-refractivity contribution in [1.82, 2.24) is 9.88 Å². The smallest absolute Gasteiger partial charge is 0.257 e. The molecule has 0 saturated carbocycles. The van der Waals surface area contributed by atoms with Crippen molar-refractivity contribution in [3.63, 3.8) is 0 Å². The minimum absolute atomic E-state index is 0.0798. The fourth-order valence-electron chi connectivity index (χ4n) is 3.47. The quantitative estimate of drug-likeness (QED) is 0.722. The lowest BCUT2D eigenvalue weighted by molar-refractivity contribution is -0.130. The van der Waals surface area contributed by atoms with E-state index in [1.54, 1.807) is 25.1 Å². The third kappa shape index (κ3) is 5.39. The number of aryl methyl sites for hydroxylation is 1. The molecule has 1 unspecified atom stereocenters. The fraction of sp³-hybridized carbons (Fsp3) is 0.391. The number of rotatable bonds is 5. The van der Waals surface area contributed by atoms with Gasteiger partial charge in [0.2, 0.25) is 5.91 Å². The molecule has 1 aliphatic heterocycles. The van der Waals surface area contributed by atoms with Crippen LogP contribution in [0.2, 0.25) is 0 Å². The van der Waals surface area contributed by atoms with Crippen LogP contribution in [-0.2, 0) is 4.79 Å². The Morgan fingerprint density at radius 1 is 1.17 bits per heavy atom. The summed E-state index contributed by atoms with van der Waals surface area (Å²) in [5.74, 6) is -0.232. The average Bonchev–Trinajstić information content (AvgIpc) is 3.03. The maximum Gasteiger partial charge on any atom is 0.257 e. The summed E-state index contributed by atoms with van der Waals surface area (Å²) >= 11 is 1.29. The first kappa shape index (κ1) is 21.8. The molecule has 7 heteroatoms. The molecule has 1 atom stereocenters. The van der Waals surface area contributed by atoms with E-state index in [0.717, 1.165) is 38.8 Å². The first-order chi connectivity index (χ1) is 14.5. The molecule has 0 spiro atoms. The third-order valence-electron chi connectivity index (χ3n) is 5.13. The van der Waals surface area contributed by atoms with E-state index in [9.17, 15) is 14.9 Å². The molecule has 1 saturated heterocycles. The average molecular weight is 423 g/mol. The predicted octanol–water partition coefficient (Wildman–Crippen LogP) is 4.40. The molecule has 156 valence electrons. The van der Waals surface area contributed by atoms with Crippen molar-refractivity contribution in [2.75, 3.05) is 18.4 Å². The van der Waals surface area contributed by atoms with E-state index in [-0.39, 0.29) is 17.1 Å². The molecule has 2 amide bonds. The highest BCUT2D eigenvalue weighted by Crippen LogP contribution is 2.28. The Labute approximate surface area is 181 Å². The number of hydrogen-bond acceptors (Lipinski definition) is 5. The molecular weight excluding hydrogens is 396 g/mol. The zero-order valence-electron chi connectivity index (χ0n) is 17.4. The summed E-state index contributed by atoms with van der Waals surface area (Å²) < 4.78 is 0. The van der Waals surface area contributed by atoms with E-state index >= 15 is 0 Å². The van der Waals surface area contributed by atoms with Crippen molar-refractivity contribution in [3.8, 4) is 6.07 Å². The number of hydrogen-bond donors (Lipinski definition) is 1. The number of nitriles is 1. The number of likely N-dealkylation sites (tertiary alicyclic amines) is 1. The summed E-state index contributed by atoms with van der Waals surface area (Å²) in [5.41, 5.74) is 1.86. The minimum Gasteiger partial charge on any atom is -0.342 e. The molecule has 1 aromatic heterocycles. The van der Waals surface area contributed by atoms with Crippen molar-refractivity contribution in [3.05, 3.63) is 53.2 Å². The number of carbonyl (C=O) groups excluding carboxylic acids is 2. The molecular formula is C23H26N4O2S. The second-order valence-corrected chi connectivity index (χ2v) is 8.74. The van der Waals surface area contributed by atoms with Crippen molar-refractivity contribution < 1.29 is 9.59 Å². The Balaban J connectivity index is 1.75. The number of aromatic nitrogens is 1. The van der Waals surface area contributed by atoms with Crippen LogP contribution >= 0.6 is 11.8 Å². The van der Waals surface area contributed by atoms with Crippen LogP contribution < -0.4 is 5.32 Å². The molecule has 1 N–H and O–H groups in total. The molecule has 1 aromatic carbocycles. The molecule has 2 heterocycles. The Hall–Kier alpha value is -2.85. The van der Waals surface area contributed by atoms with Gasteiger partial charge in [0, 0.05) is 18.8 Å². The van der Waals surface area contributed by atoms with Gasteiger partial charge >= 0.3 is 0 Å². The summed E-state index contributed by atoms with van der Waals surface area (Å²) in [6, 6.07) is 12.8. The van der Waals surface area contributed by atoms with Crippen molar-refractivity contribution in [2.45, 2.75) is 49.8 Å². The lowest BCUT2D eigenvalue weighted by Crippen LogP contribution is -2.37. The molecule has 6 nitrogen and oxygen atoms in total. The van der Waals surface area contributed by atoms with Crippen LogP contribution in [0, 0.1) is 18.3 Å². The van der Waals surface area contributed by atoms with Crippen molar-refractivity contribution >= 4 is 29.3 Å². The molecule has 1 aliphatic rings. The lowest BCUT2D eigenvalue weighted by atomic mass is 10.1. The molecule has 0 radical (unpaired) electrons. The summed E-state index contributed by atoms with van der Waals surface area (Å²) in [4.78, 5) is 31.9. The van der Waals surface area contributed by atoms with Crippen LogP contribution in [0.4, 0.5) is 5.69 Å². The molecule has 0 bridgehead atoms. The van der Waals surface area contributed by atoms with E-state index in [2.05, 4.69) is 16.4 Å². The number of carbonyl (C=O) groups is 2. The summed E-state index contributed by atoms with van der Waals surface area (Å²) in [5, 5.41) is 12.6. The Kier molecular flexibility index (Phi) is 7.47. The van der Waals surface area contributed by atoms with Gasteiger partial charge in [0.1, 0.15) is 11.1 Å². The maximum atomic E-state index is 12.8. The second-order valence-electron chi connectivity index (χ2n) is 7.41. The minimum atomic E-state index is -0.342. The molecule has 2 aromatic rings. The van der Waals surface area contributed by atoms with Crippen LogP contribution in [-0.4, -0.2) is 40.0 Å². The van der Waals surface area contributed by atoms with E-state index in [1.165, 1.54) is 11.8 Å². The van der Waals surface area contributed by atoms with E-state index in [0.29, 0.717) is 27.5 Å². The van der Waals surface area contributed by atoms with Gasteiger partial charge in [0.15, 0.2) is 0 Å². The van der Waals surface area contributed by atoms with E-state index < -0.39 is 0 Å². The van der Waals surface area contributed by atoms with Crippen LogP contribution in [0.1, 0.15) is 54.2 Å². The van der Waals surface area contributed by atoms with Crippen LogP contribution in [0.3, 0.4) is 0 Å². The Morgan fingerprint density at radius 2 is 1.83 bits per heavy atom. The van der Waals surface area contributed by atoms with Gasteiger partial charge in [0.05, 0.1) is 22.1 Å². The maximum absolute atomic E-state index is 12.8. The highest BCUT2D eigenvalue weighted by molar-refractivity contribution is 8.00. The number of anilines is 1. The molecule has 1 fully saturated rings. The third-order valence-corrected chi connectivity index (χ3v) is 6.22. The number of amides is 2. The van der Waals surface area contributed by atoms with Gasteiger partial charge in [-0.25, -0.2) is 4.98 Å². The lowest BCUT2D eigenvalue weighted by Gasteiger charge is -2.24. The summed E-state index contributed by atoms with van der Waals surface area (Å²) in [6.45, 7) is 5.18. The van der Waals surface area contributed by atoms with Crippen molar-refractivity contribution in [2.24, 2.45) is 0 Å². The zero-order valence-corrected chi connectivity index (χ0v) is 18.2. The standard InChI is InChI=1S/C23H26N4O2S/c1-16-20(21(28)26-19-10-6-5-7-11-19)14-18(15-24)22(25-16)30-17(2)23(29)27-12-8-3-4-9-13-27/h5-7,10-11,14,17H,3-4,8-9,12-13H2,1-2H3,(H,26,28). The largest absolute Gasteiger partial charge is 0.342 e. The number of benzene rings is 1. The number of thioether (sulfide) groups is 1. The highest BCUT2D eigenvalue weighted by Gasteiger charge is 2.25. The van der Waals surface area contributed by atoms with Gasteiger partial charge in [-0.3, -0.25) is 9.59 Å². The SMILES string of the molecule is Cc1nc(SC(C)C(=O)N2CCCCCC2)c(C#N)cc1C(=O)Nc1ccccc1. The van der Waals surface area contributed by atoms with Gasteiger partial charge < -0.3 is 10.2 Å². The summed E-state index contributed by atoms with van der Waals surface area (Å²) in [7, 11) is 0. The molecule has 0 aliphatic carbocycles. The molecule has 3 rings (SSSR count). The number of para-hydroxylation sites is 1. The number of nitrogens with zero attached hydrogens (tertiary/aromatic N) is 3. The summed E-state index contributed by atoms with van der Waals surface area (Å²) in [6.07, 6.45) is 4.40. The monoisotopic (exact) mass is 422 g/mol. The zero-order chi connectivity index (χ0) is 21.5. The first-order valence-corrected chi connectivity index (χ1v) is 11.1. The fourth-order valence-corrected chi connectivity index (χ4v) is 4.47. The van der Waals surface area contributed by atoms with E-state index in [4.69, 9.17) is 0 Å². The topological polar surface area (TPSA) is 86.1 Å². The Morgan fingerprint density at radius 3 is 2.47 bits per heavy atom. The van der Waals surface area contributed by atoms with Crippen LogP contribution in [0.5, 0.6) is 0 Å². The van der Waals surface area contributed by atoms with Gasteiger partial charge in [-0.2, -0.15) is 5.26 Å². The van der Waals surface area contributed by atoms with Crippen LogP contribution in [0.15, 0.2) is 41.4 Å². The molecule has 30 heavy (non-hydrogen) atoms. The number of pyridine rings is 1. The van der Waals surface area contributed by atoms with E-state index in [1.807, 2.05) is 30.0 Å². The van der Waals surface area contributed by atoms with Crippen LogP contribution in [0.25, 0.3) is 0 Å². The van der Waals surface area contributed by atoms with Gasteiger partial charge in [-0.05, 0) is 44.9 Å². The number of nitrogens with one attached hydrogen (secondary N) is 1. The van der Waals surface area contributed by atoms with Gasteiger partial charge in [-0.1, -0.05) is 42.8 Å². The normalized spacial score (nSPS) is 15.0. The second kappa shape index (κ2) is 10.3. The first-order valence-electron chi connectivity index (χ1n) is 10.2. The van der Waals surface area contributed by atoms with Gasteiger partial charge in [0.25, 0.3) is 5.91 Å².